The first-order valence-corrected chi connectivity index (χ1v) is 5.93. The van der Waals surface area contributed by atoms with E-state index in [1.165, 1.54) is 32.4 Å². The molecule has 1 aliphatic carbocycles. The number of hydrogen-bond acceptors (Lipinski definition) is 2. The van der Waals surface area contributed by atoms with Crippen molar-refractivity contribution >= 4 is 0 Å². The Morgan fingerprint density at radius 2 is 1.86 bits per heavy atom. The largest absolute Gasteiger partial charge is 0.330 e. The molecule has 2 N–H and O–H groups in total. The lowest BCUT2D eigenvalue weighted by atomic mass is 9.88. The Kier molecular flexibility index (Phi) is 2.39. The summed E-state index contributed by atoms with van der Waals surface area (Å²) in [5.74, 6) is 0.851. The highest BCUT2D eigenvalue weighted by Gasteiger charge is 2.54. The van der Waals surface area contributed by atoms with E-state index in [4.69, 9.17) is 5.73 Å². The molecule has 0 aromatic rings. The Hall–Kier alpha value is -0.0800. The van der Waals surface area contributed by atoms with Gasteiger partial charge in [0.25, 0.3) is 0 Å². The van der Waals surface area contributed by atoms with Crippen LogP contribution in [0.4, 0.5) is 0 Å². The molecule has 1 saturated carbocycles. The van der Waals surface area contributed by atoms with Crippen molar-refractivity contribution in [1.82, 2.24) is 4.90 Å². The molecule has 2 nitrogen and oxygen atoms in total. The van der Waals surface area contributed by atoms with Gasteiger partial charge in [-0.3, -0.25) is 4.90 Å². The minimum atomic E-state index is 0.356. The highest BCUT2D eigenvalue weighted by Crippen LogP contribution is 2.59. The molecule has 0 bridgehead atoms. The van der Waals surface area contributed by atoms with E-state index in [1.54, 1.807) is 0 Å². The van der Waals surface area contributed by atoms with Crippen molar-refractivity contribution in [2.75, 3.05) is 19.6 Å². The van der Waals surface area contributed by atoms with E-state index in [9.17, 15) is 0 Å². The summed E-state index contributed by atoms with van der Waals surface area (Å²) in [6, 6.07) is 0. The van der Waals surface area contributed by atoms with E-state index in [-0.39, 0.29) is 0 Å². The van der Waals surface area contributed by atoms with Crippen molar-refractivity contribution in [3.63, 3.8) is 0 Å². The third-order valence-corrected chi connectivity index (χ3v) is 4.35. The first-order chi connectivity index (χ1) is 6.48. The third kappa shape index (κ3) is 1.70. The molecule has 82 valence electrons. The van der Waals surface area contributed by atoms with Gasteiger partial charge in [0.2, 0.25) is 0 Å². The van der Waals surface area contributed by atoms with Gasteiger partial charge in [0.1, 0.15) is 0 Å². The summed E-state index contributed by atoms with van der Waals surface area (Å²) in [7, 11) is 0. The molecule has 0 aromatic carbocycles. The second-order valence-corrected chi connectivity index (χ2v) is 6.16. The minimum absolute atomic E-state index is 0.356. The Morgan fingerprint density at radius 1 is 1.29 bits per heavy atom. The molecule has 2 aliphatic rings. The van der Waals surface area contributed by atoms with E-state index < -0.39 is 0 Å². The predicted molar refractivity (Wildman–Crippen MR) is 60.2 cm³/mol. The zero-order chi connectivity index (χ0) is 10.4. The highest BCUT2D eigenvalue weighted by atomic mass is 15.2. The maximum absolute atomic E-state index is 5.75. The summed E-state index contributed by atoms with van der Waals surface area (Å²) in [4.78, 5) is 2.62. The van der Waals surface area contributed by atoms with Gasteiger partial charge in [-0.05, 0) is 71.0 Å². The summed E-state index contributed by atoms with van der Waals surface area (Å²) in [5.41, 5.74) is 6.78. The zero-order valence-corrected chi connectivity index (χ0v) is 9.84. The van der Waals surface area contributed by atoms with Gasteiger partial charge in [0.15, 0.2) is 0 Å². The van der Waals surface area contributed by atoms with Gasteiger partial charge in [-0.2, -0.15) is 0 Å². The molecular weight excluding hydrogens is 172 g/mol. The predicted octanol–water partition coefficient (Wildman–Crippen LogP) is 1.85. The molecular formula is C12H24N2. The van der Waals surface area contributed by atoms with Crippen LogP contribution < -0.4 is 5.73 Å². The highest BCUT2D eigenvalue weighted by molar-refractivity contribution is 5.05. The molecule has 1 unspecified atom stereocenters. The van der Waals surface area contributed by atoms with Crippen LogP contribution in [0.25, 0.3) is 0 Å². The lowest BCUT2D eigenvalue weighted by Gasteiger charge is -2.41. The van der Waals surface area contributed by atoms with Crippen LogP contribution in [-0.4, -0.2) is 30.1 Å². The first kappa shape index (κ1) is 10.4. The van der Waals surface area contributed by atoms with Crippen LogP contribution >= 0.6 is 0 Å². The maximum Gasteiger partial charge on any atom is 0.0125 e. The normalized spacial score (nSPS) is 32.1. The van der Waals surface area contributed by atoms with Crippen LogP contribution in [0.15, 0.2) is 0 Å². The van der Waals surface area contributed by atoms with Crippen molar-refractivity contribution in [2.45, 2.75) is 45.6 Å². The minimum Gasteiger partial charge on any atom is -0.330 e. The first-order valence-electron chi connectivity index (χ1n) is 5.93. The quantitative estimate of drug-likeness (QED) is 0.693. The molecule has 1 spiro atoms. The second kappa shape index (κ2) is 3.21. The Balaban J connectivity index is 1.88. The van der Waals surface area contributed by atoms with Crippen molar-refractivity contribution in [1.29, 1.82) is 0 Å². The summed E-state index contributed by atoms with van der Waals surface area (Å²) in [5, 5.41) is 0. The average molecular weight is 196 g/mol. The standard InChI is InChI=1S/C12H24N2/c1-11(2,3)14-6-4-12(5-7-14)8-10(12)9-13/h10H,4-9,13H2,1-3H3. The summed E-state index contributed by atoms with van der Waals surface area (Å²) < 4.78 is 0. The maximum atomic E-state index is 5.75. The summed E-state index contributed by atoms with van der Waals surface area (Å²) >= 11 is 0. The van der Waals surface area contributed by atoms with Crippen LogP contribution in [0.5, 0.6) is 0 Å². The third-order valence-electron chi connectivity index (χ3n) is 4.35. The van der Waals surface area contributed by atoms with Crippen LogP contribution in [0.1, 0.15) is 40.0 Å². The topological polar surface area (TPSA) is 29.3 Å². The fourth-order valence-electron chi connectivity index (χ4n) is 3.00. The molecule has 1 atom stereocenters. The van der Waals surface area contributed by atoms with Crippen molar-refractivity contribution in [3.05, 3.63) is 0 Å². The van der Waals surface area contributed by atoms with Crippen molar-refractivity contribution in [2.24, 2.45) is 17.1 Å². The summed E-state index contributed by atoms with van der Waals surface area (Å²) in [6.07, 6.45) is 4.17. The van der Waals surface area contributed by atoms with Gasteiger partial charge in [0, 0.05) is 5.54 Å². The number of nitrogens with two attached hydrogens (primary N) is 1. The van der Waals surface area contributed by atoms with Crippen LogP contribution in [0, 0.1) is 11.3 Å². The zero-order valence-electron chi connectivity index (χ0n) is 9.84. The van der Waals surface area contributed by atoms with E-state index in [0.717, 1.165) is 12.5 Å². The Bertz CT molecular complexity index is 209. The number of hydrogen-bond donors (Lipinski definition) is 1. The number of nitrogens with zero attached hydrogens (tertiary/aromatic N) is 1. The van der Waals surface area contributed by atoms with Gasteiger partial charge in [-0.1, -0.05) is 0 Å². The van der Waals surface area contributed by atoms with Crippen LogP contribution in [0.2, 0.25) is 0 Å². The second-order valence-electron chi connectivity index (χ2n) is 6.16. The van der Waals surface area contributed by atoms with Gasteiger partial charge >= 0.3 is 0 Å². The lowest BCUT2D eigenvalue weighted by molar-refractivity contribution is 0.0762. The van der Waals surface area contributed by atoms with Gasteiger partial charge in [0.05, 0.1) is 0 Å². The fourth-order valence-corrected chi connectivity index (χ4v) is 3.00. The van der Waals surface area contributed by atoms with E-state index in [0.29, 0.717) is 11.0 Å². The van der Waals surface area contributed by atoms with Gasteiger partial charge < -0.3 is 5.73 Å². The molecule has 0 amide bonds. The molecule has 0 radical (unpaired) electrons. The van der Waals surface area contributed by atoms with Gasteiger partial charge in [-0.25, -0.2) is 0 Å². The molecule has 2 rings (SSSR count). The average Bonchev–Trinajstić information content (AvgIpc) is 2.78. The Labute approximate surface area is 87.8 Å². The number of rotatable bonds is 1. The van der Waals surface area contributed by atoms with Gasteiger partial charge in [-0.15, -0.1) is 0 Å². The fraction of sp³-hybridized carbons (Fsp3) is 1.00. The van der Waals surface area contributed by atoms with Crippen molar-refractivity contribution < 1.29 is 0 Å². The van der Waals surface area contributed by atoms with Crippen molar-refractivity contribution in [3.8, 4) is 0 Å². The smallest absolute Gasteiger partial charge is 0.0125 e. The molecule has 2 fully saturated rings. The van der Waals surface area contributed by atoms with E-state index in [1.807, 2.05) is 0 Å². The molecule has 2 heteroatoms. The molecule has 1 heterocycles. The Morgan fingerprint density at radius 3 is 2.21 bits per heavy atom. The molecule has 14 heavy (non-hydrogen) atoms. The van der Waals surface area contributed by atoms with Crippen LogP contribution in [0.3, 0.4) is 0 Å². The molecule has 0 aromatic heterocycles. The SMILES string of the molecule is CC(C)(C)N1CCC2(CC1)CC2CN. The van der Waals surface area contributed by atoms with E-state index in [2.05, 4.69) is 25.7 Å². The summed E-state index contributed by atoms with van der Waals surface area (Å²) in [6.45, 7) is 10.4. The molecule has 1 aliphatic heterocycles. The van der Waals surface area contributed by atoms with E-state index >= 15 is 0 Å². The lowest BCUT2D eigenvalue weighted by Crippen LogP contribution is -2.47. The molecule has 1 saturated heterocycles. The number of piperidine rings is 1. The number of likely N-dealkylation sites (tertiary alicyclic amines) is 1. The van der Waals surface area contributed by atoms with Crippen LogP contribution in [-0.2, 0) is 0 Å². The monoisotopic (exact) mass is 196 g/mol.